The Labute approximate surface area is 121 Å². The predicted molar refractivity (Wildman–Crippen MR) is 79.7 cm³/mol. The fourth-order valence-corrected chi connectivity index (χ4v) is 2.64. The summed E-state index contributed by atoms with van der Waals surface area (Å²) in [6.45, 7) is 5.93. The fraction of sp³-hybridized carbons (Fsp3) is 0.688. The van der Waals surface area contributed by atoms with Gasteiger partial charge in [-0.3, -0.25) is 0 Å². The van der Waals surface area contributed by atoms with Crippen LogP contribution in [0.1, 0.15) is 45.1 Å². The van der Waals surface area contributed by atoms with Gasteiger partial charge in [0.15, 0.2) is 0 Å². The zero-order chi connectivity index (χ0) is 14.6. The topological polar surface area (TPSA) is 54.4 Å². The van der Waals surface area contributed by atoms with Crippen molar-refractivity contribution in [1.29, 1.82) is 0 Å². The monoisotopic (exact) mass is 278 g/mol. The first kappa shape index (κ1) is 15.3. The molecule has 4 nitrogen and oxygen atoms in total. The lowest BCUT2D eigenvalue weighted by Gasteiger charge is -2.40. The third kappa shape index (κ3) is 4.18. The third-order valence-electron chi connectivity index (χ3n) is 4.32. The Morgan fingerprint density at radius 2 is 1.95 bits per heavy atom. The van der Waals surface area contributed by atoms with E-state index in [4.69, 9.17) is 4.74 Å². The Kier molecular flexibility index (Phi) is 4.66. The first-order valence-corrected chi connectivity index (χ1v) is 7.35. The van der Waals surface area contributed by atoms with Crippen molar-refractivity contribution in [3.05, 3.63) is 23.9 Å². The standard InChI is InChI=1S/C16H26N2O2/c1-15(2)6-8-16(19,9-7-15)12-17-10-13-4-5-14(20-3)18-11-13/h4-5,11,17,19H,6-10,12H2,1-3H3. The van der Waals surface area contributed by atoms with Crippen LogP contribution in [0.5, 0.6) is 5.88 Å². The summed E-state index contributed by atoms with van der Waals surface area (Å²) in [5.41, 5.74) is 0.937. The van der Waals surface area contributed by atoms with Crippen LogP contribution < -0.4 is 10.1 Å². The van der Waals surface area contributed by atoms with E-state index in [9.17, 15) is 5.11 Å². The van der Waals surface area contributed by atoms with Gasteiger partial charge in [0.05, 0.1) is 12.7 Å². The van der Waals surface area contributed by atoms with Crippen molar-refractivity contribution >= 4 is 0 Å². The van der Waals surface area contributed by atoms with Crippen LogP contribution in [0.15, 0.2) is 18.3 Å². The molecule has 0 unspecified atom stereocenters. The molecule has 0 saturated heterocycles. The second-order valence-electron chi connectivity index (χ2n) is 6.70. The molecule has 0 amide bonds. The molecule has 0 aliphatic heterocycles. The second kappa shape index (κ2) is 6.10. The number of aromatic nitrogens is 1. The van der Waals surface area contributed by atoms with Crippen LogP contribution in [0.3, 0.4) is 0 Å². The quantitative estimate of drug-likeness (QED) is 0.869. The Balaban J connectivity index is 1.77. The van der Waals surface area contributed by atoms with Gasteiger partial charge in [-0.2, -0.15) is 0 Å². The molecule has 1 saturated carbocycles. The molecule has 2 N–H and O–H groups in total. The first-order valence-electron chi connectivity index (χ1n) is 7.35. The summed E-state index contributed by atoms with van der Waals surface area (Å²) in [7, 11) is 1.61. The molecule has 112 valence electrons. The van der Waals surface area contributed by atoms with E-state index in [2.05, 4.69) is 24.1 Å². The Bertz CT molecular complexity index is 419. The number of hydrogen-bond donors (Lipinski definition) is 2. The maximum absolute atomic E-state index is 10.6. The molecule has 1 aromatic rings. The van der Waals surface area contributed by atoms with Gasteiger partial charge in [-0.05, 0) is 36.7 Å². The van der Waals surface area contributed by atoms with E-state index < -0.39 is 5.60 Å². The molecule has 1 aromatic heterocycles. The summed E-state index contributed by atoms with van der Waals surface area (Å²) in [6.07, 6.45) is 5.76. The van der Waals surface area contributed by atoms with E-state index >= 15 is 0 Å². The van der Waals surface area contributed by atoms with Gasteiger partial charge in [0.25, 0.3) is 0 Å². The summed E-state index contributed by atoms with van der Waals surface area (Å²) in [4.78, 5) is 4.17. The third-order valence-corrected chi connectivity index (χ3v) is 4.32. The highest BCUT2D eigenvalue weighted by Crippen LogP contribution is 2.39. The lowest BCUT2D eigenvalue weighted by Crippen LogP contribution is -2.44. The SMILES string of the molecule is COc1ccc(CNCC2(O)CCC(C)(C)CC2)cn1. The zero-order valence-electron chi connectivity index (χ0n) is 12.8. The number of hydrogen-bond acceptors (Lipinski definition) is 4. The minimum atomic E-state index is -0.546. The van der Waals surface area contributed by atoms with E-state index in [-0.39, 0.29) is 0 Å². The van der Waals surface area contributed by atoms with Gasteiger partial charge in [-0.15, -0.1) is 0 Å². The molecule has 0 atom stereocenters. The summed E-state index contributed by atoms with van der Waals surface area (Å²) in [5.74, 6) is 0.627. The molecule has 4 heteroatoms. The maximum atomic E-state index is 10.6. The van der Waals surface area contributed by atoms with E-state index in [1.54, 1.807) is 13.3 Å². The number of aliphatic hydroxyl groups is 1. The van der Waals surface area contributed by atoms with Crippen LogP contribution in [0.25, 0.3) is 0 Å². The smallest absolute Gasteiger partial charge is 0.212 e. The van der Waals surface area contributed by atoms with Crippen LogP contribution in [-0.2, 0) is 6.54 Å². The Hall–Kier alpha value is -1.13. The number of rotatable bonds is 5. The van der Waals surface area contributed by atoms with E-state index in [0.29, 0.717) is 17.8 Å². The molecule has 0 radical (unpaired) electrons. The molecule has 1 aliphatic carbocycles. The molecular formula is C16H26N2O2. The van der Waals surface area contributed by atoms with Crippen molar-refractivity contribution in [1.82, 2.24) is 10.3 Å². The van der Waals surface area contributed by atoms with Crippen molar-refractivity contribution in [2.75, 3.05) is 13.7 Å². The predicted octanol–water partition coefficient (Wildman–Crippen LogP) is 2.51. The molecule has 0 spiro atoms. The van der Waals surface area contributed by atoms with Crippen molar-refractivity contribution in [2.45, 2.75) is 51.7 Å². The first-order chi connectivity index (χ1) is 9.42. The van der Waals surface area contributed by atoms with Gasteiger partial charge >= 0.3 is 0 Å². The Morgan fingerprint density at radius 3 is 2.50 bits per heavy atom. The Morgan fingerprint density at radius 1 is 1.25 bits per heavy atom. The van der Waals surface area contributed by atoms with E-state index in [1.807, 2.05) is 12.1 Å². The summed E-state index contributed by atoms with van der Waals surface area (Å²) in [6, 6.07) is 3.85. The highest BCUT2D eigenvalue weighted by Gasteiger charge is 2.36. The van der Waals surface area contributed by atoms with E-state index in [0.717, 1.165) is 37.8 Å². The van der Waals surface area contributed by atoms with Crippen molar-refractivity contribution in [3.63, 3.8) is 0 Å². The largest absolute Gasteiger partial charge is 0.481 e. The van der Waals surface area contributed by atoms with Gasteiger partial charge in [0.2, 0.25) is 5.88 Å². The highest BCUT2D eigenvalue weighted by atomic mass is 16.5. The average molecular weight is 278 g/mol. The average Bonchev–Trinajstić information content (AvgIpc) is 2.44. The van der Waals surface area contributed by atoms with Gasteiger partial charge < -0.3 is 15.2 Å². The zero-order valence-corrected chi connectivity index (χ0v) is 12.8. The highest BCUT2D eigenvalue weighted by molar-refractivity contribution is 5.17. The summed E-state index contributed by atoms with van der Waals surface area (Å²) >= 11 is 0. The molecule has 1 fully saturated rings. The molecule has 20 heavy (non-hydrogen) atoms. The number of ether oxygens (including phenoxy) is 1. The maximum Gasteiger partial charge on any atom is 0.212 e. The summed E-state index contributed by atoms with van der Waals surface area (Å²) < 4.78 is 5.03. The minimum absolute atomic E-state index is 0.381. The van der Waals surface area contributed by atoms with Crippen molar-refractivity contribution in [3.8, 4) is 5.88 Å². The second-order valence-corrected chi connectivity index (χ2v) is 6.70. The van der Waals surface area contributed by atoms with Crippen molar-refractivity contribution < 1.29 is 9.84 Å². The fourth-order valence-electron chi connectivity index (χ4n) is 2.64. The van der Waals surface area contributed by atoms with Crippen LogP contribution in [-0.4, -0.2) is 29.3 Å². The lowest BCUT2D eigenvalue weighted by molar-refractivity contribution is -0.0245. The molecule has 1 aliphatic rings. The molecule has 0 aromatic carbocycles. The molecular weight excluding hydrogens is 252 g/mol. The van der Waals surface area contributed by atoms with Crippen LogP contribution in [0.4, 0.5) is 0 Å². The molecule has 1 heterocycles. The number of nitrogens with zero attached hydrogens (tertiary/aromatic N) is 1. The van der Waals surface area contributed by atoms with Gasteiger partial charge in [0.1, 0.15) is 0 Å². The number of methoxy groups -OCH3 is 1. The lowest BCUT2D eigenvalue weighted by atomic mass is 9.71. The normalized spacial score (nSPS) is 20.6. The van der Waals surface area contributed by atoms with Crippen molar-refractivity contribution in [2.24, 2.45) is 5.41 Å². The molecule has 0 bridgehead atoms. The number of pyridine rings is 1. The van der Waals surface area contributed by atoms with E-state index in [1.165, 1.54) is 0 Å². The summed E-state index contributed by atoms with van der Waals surface area (Å²) in [5, 5.41) is 13.9. The van der Waals surface area contributed by atoms with Crippen LogP contribution in [0, 0.1) is 5.41 Å². The van der Waals surface area contributed by atoms with Gasteiger partial charge in [0, 0.05) is 25.4 Å². The minimum Gasteiger partial charge on any atom is -0.481 e. The number of nitrogens with one attached hydrogen (secondary N) is 1. The molecule has 2 rings (SSSR count). The van der Waals surface area contributed by atoms with Crippen LogP contribution in [0.2, 0.25) is 0 Å². The van der Waals surface area contributed by atoms with Crippen LogP contribution >= 0.6 is 0 Å². The van der Waals surface area contributed by atoms with Gasteiger partial charge in [-0.1, -0.05) is 19.9 Å². The van der Waals surface area contributed by atoms with Gasteiger partial charge in [-0.25, -0.2) is 4.98 Å².